The van der Waals surface area contributed by atoms with Crippen LogP contribution in [0.25, 0.3) is 0 Å². The molecule has 4 nitrogen and oxygen atoms in total. The molecule has 0 amide bonds. The van der Waals surface area contributed by atoms with E-state index < -0.39 is 20.2 Å². The topological polar surface area (TPSA) is 51.5 Å². The first-order chi connectivity index (χ1) is 8.29. The molecule has 0 fully saturated rings. The summed E-state index contributed by atoms with van der Waals surface area (Å²) in [6.07, 6.45) is 1.16. The average Bonchev–Trinajstić information content (AvgIpc) is 2.26. The third-order valence-corrected chi connectivity index (χ3v) is 3.17. The van der Waals surface area contributed by atoms with Crippen LogP contribution in [0.3, 0.4) is 0 Å². The minimum Gasteiger partial charge on any atom is -0.396 e. The molecule has 0 aliphatic rings. The van der Waals surface area contributed by atoms with Crippen molar-refractivity contribution in [3.8, 4) is 6.07 Å². The molecule has 0 N–H and O–H groups in total. The molecule has 0 aliphatic carbocycles. The highest BCUT2D eigenvalue weighted by molar-refractivity contribution is 6.69. The predicted octanol–water partition coefficient (Wildman–Crippen LogP) is 3.30. The first-order valence-electron chi connectivity index (χ1n) is 6.63. The van der Waals surface area contributed by atoms with Gasteiger partial charge in [0.15, 0.2) is 20.2 Å². The normalized spacial score (nSPS) is 15.4. The maximum Gasteiger partial charge on any atom is 0.199 e. The summed E-state index contributed by atoms with van der Waals surface area (Å²) in [4.78, 5) is 0. The van der Waals surface area contributed by atoms with Crippen molar-refractivity contribution in [2.45, 2.75) is 65.1 Å². The van der Waals surface area contributed by atoms with E-state index in [-0.39, 0.29) is 0 Å². The van der Waals surface area contributed by atoms with E-state index in [9.17, 15) is 5.26 Å². The molecule has 0 aromatic carbocycles. The van der Waals surface area contributed by atoms with E-state index in [0.29, 0.717) is 13.2 Å². The fraction of sp³-hybridized carbons (Fsp3) is 0.923. The first-order valence-corrected chi connectivity index (χ1v) is 10.0. The zero-order chi connectivity index (χ0) is 14.2. The second-order valence-corrected chi connectivity index (χ2v) is 9.94. The molecule has 106 valence electrons. The maximum absolute atomic E-state index is 9.40. The Morgan fingerprint density at radius 3 is 1.83 bits per heavy atom. The minimum atomic E-state index is -1.84. The molecule has 0 bridgehead atoms. The lowest BCUT2D eigenvalue weighted by Gasteiger charge is -2.36. The zero-order valence-electron chi connectivity index (χ0n) is 12.6. The average molecular weight is 273 g/mol. The van der Waals surface area contributed by atoms with Crippen LogP contribution in [0.1, 0.15) is 33.6 Å². The van der Waals surface area contributed by atoms with Gasteiger partial charge < -0.3 is 13.9 Å². The number of nitriles is 1. The van der Waals surface area contributed by atoms with Gasteiger partial charge in [-0.25, -0.2) is 0 Å². The predicted molar refractivity (Wildman–Crippen MR) is 74.7 cm³/mol. The Morgan fingerprint density at radius 1 is 1.11 bits per heavy atom. The van der Waals surface area contributed by atoms with Crippen molar-refractivity contribution in [3.05, 3.63) is 0 Å². The van der Waals surface area contributed by atoms with Gasteiger partial charge in [-0.05, 0) is 39.4 Å². The van der Waals surface area contributed by atoms with E-state index >= 15 is 0 Å². The molecule has 0 aromatic heterocycles. The van der Waals surface area contributed by atoms with E-state index in [0.717, 1.165) is 12.8 Å². The van der Waals surface area contributed by atoms with Crippen LogP contribution in [0, 0.1) is 11.3 Å². The van der Waals surface area contributed by atoms with Crippen molar-refractivity contribution in [3.63, 3.8) is 0 Å². The van der Waals surface area contributed by atoms with Gasteiger partial charge in [0.25, 0.3) is 0 Å². The van der Waals surface area contributed by atoms with Crippen LogP contribution in [0.15, 0.2) is 0 Å². The monoisotopic (exact) mass is 273 g/mol. The fourth-order valence-electron chi connectivity index (χ4n) is 1.58. The van der Waals surface area contributed by atoms with Crippen LogP contribution in [0.4, 0.5) is 0 Å². The summed E-state index contributed by atoms with van der Waals surface area (Å²) < 4.78 is 17.3. The van der Waals surface area contributed by atoms with Crippen molar-refractivity contribution < 1.29 is 13.9 Å². The highest BCUT2D eigenvalue weighted by atomic mass is 28.4. The summed E-state index contributed by atoms with van der Waals surface area (Å²) in [5.74, 6) is 0. The largest absolute Gasteiger partial charge is 0.396 e. The molecule has 0 rings (SSSR count). The fourth-order valence-corrected chi connectivity index (χ4v) is 2.99. The summed E-state index contributed by atoms with van der Waals surface area (Å²) in [6, 6.07) is 2.22. The van der Waals surface area contributed by atoms with Crippen molar-refractivity contribution >= 4 is 8.32 Å². The second-order valence-electron chi connectivity index (χ2n) is 5.51. The summed E-state index contributed by atoms with van der Waals surface area (Å²) in [6.45, 7) is 13.1. The van der Waals surface area contributed by atoms with Gasteiger partial charge in [0.05, 0.1) is 0 Å². The number of ether oxygens (including phenoxy) is 2. The number of nitrogens with zero attached hydrogens (tertiary/aromatic N) is 1. The second kappa shape index (κ2) is 7.90. The van der Waals surface area contributed by atoms with Crippen LogP contribution in [0.2, 0.25) is 19.6 Å². The standard InChI is InChI=1S/C13H27NO3Si/c1-7-9-15-12(16-10-8-2)13(3,11-14)17-18(4,5)6/h12H,7-10H2,1-6H3/t13-/m1/s1. The Hall–Kier alpha value is -0.413. The quantitative estimate of drug-likeness (QED) is 0.478. The van der Waals surface area contributed by atoms with Crippen molar-refractivity contribution in [1.82, 2.24) is 0 Å². The lowest BCUT2D eigenvalue weighted by molar-refractivity contribution is -0.208. The van der Waals surface area contributed by atoms with Crippen LogP contribution in [0.5, 0.6) is 0 Å². The highest BCUT2D eigenvalue weighted by Gasteiger charge is 2.41. The molecule has 0 unspecified atom stereocenters. The molecule has 1 atom stereocenters. The Labute approximate surface area is 112 Å². The van der Waals surface area contributed by atoms with Gasteiger partial charge in [-0.15, -0.1) is 0 Å². The van der Waals surface area contributed by atoms with E-state index in [1.54, 1.807) is 6.92 Å². The van der Waals surface area contributed by atoms with E-state index in [1.165, 1.54) is 0 Å². The lowest BCUT2D eigenvalue weighted by Crippen LogP contribution is -2.50. The summed E-state index contributed by atoms with van der Waals surface area (Å²) in [5.41, 5.74) is -1.03. The summed E-state index contributed by atoms with van der Waals surface area (Å²) >= 11 is 0. The van der Waals surface area contributed by atoms with E-state index in [4.69, 9.17) is 13.9 Å². The summed E-state index contributed by atoms with van der Waals surface area (Å²) in [7, 11) is -1.84. The van der Waals surface area contributed by atoms with Crippen LogP contribution >= 0.6 is 0 Å². The van der Waals surface area contributed by atoms with E-state index in [2.05, 4.69) is 25.7 Å². The third kappa shape index (κ3) is 6.50. The first kappa shape index (κ1) is 17.6. The molecule has 0 saturated carbocycles. The molecule has 0 heterocycles. The van der Waals surface area contributed by atoms with Crippen molar-refractivity contribution in [2.24, 2.45) is 0 Å². The Bertz CT molecular complexity index is 264. The molecule has 0 spiro atoms. The van der Waals surface area contributed by atoms with Gasteiger partial charge in [0, 0.05) is 13.2 Å². The van der Waals surface area contributed by atoms with Gasteiger partial charge in [-0.1, -0.05) is 13.8 Å². The molecular formula is C13H27NO3Si. The van der Waals surface area contributed by atoms with Gasteiger partial charge in [0.2, 0.25) is 0 Å². The molecule has 0 radical (unpaired) electrons. The summed E-state index contributed by atoms with van der Waals surface area (Å²) in [5, 5.41) is 9.40. The number of rotatable bonds is 9. The Morgan fingerprint density at radius 2 is 1.56 bits per heavy atom. The van der Waals surface area contributed by atoms with Crippen molar-refractivity contribution in [1.29, 1.82) is 5.26 Å². The van der Waals surface area contributed by atoms with Crippen molar-refractivity contribution in [2.75, 3.05) is 13.2 Å². The lowest BCUT2D eigenvalue weighted by atomic mass is 10.1. The van der Waals surface area contributed by atoms with E-state index in [1.807, 2.05) is 13.8 Å². The SMILES string of the molecule is CCCOC(OCCC)[C@@](C)(C#N)O[Si](C)(C)C. The van der Waals surface area contributed by atoms with Crippen LogP contribution in [-0.4, -0.2) is 33.4 Å². The van der Waals surface area contributed by atoms with Gasteiger partial charge in [-0.3, -0.25) is 0 Å². The zero-order valence-corrected chi connectivity index (χ0v) is 13.6. The maximum atomic E-state index is 9.40. The van der Waals surface area contributed by atoms with Gasteiger partial charge >= 0.3 is 0 Å². The number of hydrogen-bond acceptors (Lipinski definition) is 4. The van der Waals surface area contributed by atoms with Crippen LogP contribution < -0.4 is 0 Å². The Balaban J connectivity index is 4.82. The molecular weight excluding hydrogens is 246 g/mol. The molecule has 5 heteroatoms. The van der Waals surface area contributed by atoms with Gasteiger partial charge in [0.1, 0.15) is 6.07 Å². The number of hydrogen-bond donors (Lipinski definition) is 0. The Kier molecular flexibility index (Phi) is 7.72. The van der Waals surface area contributed by atoms with Gasteiger partial charge in [-0.2, -0.15) is 5.26 Å². The molecule has 0 aromatic rings. The minimum absolute atomic E-state index is 0.570. The van der Waals surface area contributed by atoms with Crippen LogP contribution in [-0.2, 0) is 13.9 Å². The molecule has 0 saturated heterocycles. The molecule has 18 heavy (non-hydrogen) atoms. The smallest absolute Gasteiger partial charge is 0.199 e. The highest BCUT2D eigenvalue weighted by Crippen LogP contribution is 2.24. The molecule has 0 aliphatic heterocycles. The third-order valence-electron chi connectivity index (χ3n) is 2.14.